The van der Waals surface area contributed by atoms with Crippen molar-refractivity contribution >= 4 is 5.91 Å². The fourth-order valence-electron chi connectivity index (χ4n) is 3.55. The molecule has 0 radical (unpaired) electrons. The van der Waals surface area contributed by atoms with Gasteiger partial charge in [-0.2, -0.15) is 13.2 Å². The maximum Gasteiger partial charge on any atom is 0.416 e. The van der Waals surface area contributed by atoms with Crippen LogP contribution in [-0.4, -0.2) is 27.2 Å². The molecule has 0 heterocycles. The third-order valence-corrected chi connectivity index (χ3v) is 5.32. The Morgan fingerprint density at radius 1 is 1.07 bits per heavy atom. The number of carbonyl (C=O) groups excluding carboxylic acids is 1. The molecule has 1 aliphatic rings. The second-order valence-electron chi connectivity index (χ2n) is 7.26. The number of hydrogen-bond donors (Lipinski definition) is 1. The molecule has 0 spiro atoms. The Morgan fingerprint density at radius 2 is 1.70 bits per heavy atom. The van der Waals surface area contributed by atoms with E-state index in [0.717, 1.165) is 17.7 Å². The van der Waals surface area contributed by atoms with Gasteiger partial charge in [0.2, 0.25) is 11.7 Å². The summed E-state index contributed by atoms with van der Waals surface area (Å²) in [5.74, 6) is 0.646. The summed E-state index contributed by atoms with van der Waals surface area (Å²) in [5, 5.41) is 2.93. The average Bonchev–Trinajstić information content (AvgIpc) is 3.53. The van der Waals surface area contributed by atoms with Crippen LogP contribution in [0.5, 0.6) is 17.2 Å². The molecule has 1 fully saturated rings. The number of hydrogen-bond acceptors (Lipinski definition) is 4. The lowest BCUT2D eigenvalue weighted by Crippen LogP contribution is -2.28. The number of benzene rings is 2. The second-order valence-corrected chi connectivity index (χ2v) is 7.26. The van der Waals surface area contributed by atoms with Crippen LogP contribution in [0.3, 0.4) is 0 Å². The van der Waals surface area contributed by atoms with E-state index in [9.17, 15) is 18.0 Å². The largest absolute Gasteiger partial charge is 0.493 e. The molecule has 3 atom stereocenters. The predicted molar refractivity (Wildman–Crippen MR) is 105 cm³/mol. The van der Waals surface area contributed by atoms with Crippen molar-refractivity contribution in [2.45, 2.75) is 31.5 Å². The van der Waals surface area contributed by atoms with E-state index in [1.807, 2.05) is 6.92 Å². The van der Waals surface area contributed by atoms with Crippen LogP contribution >= 0.6 is 0 Å². The standard InChI is InChI=1S/C22H24F3NO4/c1-12(14-9-18(28-2)20(30-4)19(10-14)29-3)26-21(27)17-11-16(17)13-6-5-7-15(8-13)22(23,24)25/h5-10,12,16-17H,11H2,1-4H3,(H,26,27). The molecular formula is C22H24F3NO4. The highest BCUT2D eigenvalue weighted by molar-refractivity contribution is 5.83. The lowest BCUT2D eigenvalue weighted by atomic mass is 10.0. The number of ether oxygens (including phenoxy) is 3. The Kier molecular flexibility index (Phi) is 6.14. The van der Waals surface area contributed by atoms with Gasteiger partial charge in [0.25, 0.3) is 0 Å². The van der Waals surface area contributed by atoms with Gasteiger partial charge < -0.3 is 19.5 Å². The molecule has 8 heteroatoms. The van der Waals surface area contributed by atoms with Crippen LogP contribution < -0.4 is 19.5 Å². The van der Waals surface area contributed by atoms with Gasteiger partial charge in [0.1, 0.15) is 0 Å². The zero-order chi connectivity index (χ0) is 22.1. The van der Waals surface area contributed by atoms with Gasteiger partial charge in [-0.25, -0.2) is 0 Å². The van der Waals surface area contributed by atoms with E-state index >= 15 is 0 Å². The summed E-state index contributed by atoms with van der Waals surface area (Å²) < 4.78 is 54.8. The van der Waals surface area contributed by atoms with Gasteiger partial charge in [-0.15, -0.1) is 0 Å². The van der Waals surface area contributed by atoms with Gasteiger partial charge in [-0.3, -0.25) is 4.79 Å². The summed E-state index contributed by atoms with van der Waals surface area (Å²) in [6.45, 7) is 1.82. The van der Waals surface area contributed by atoms with Gasteiger partial charge in [0.05, 0.1) is 32.9 Å². The van der Waals surface area contributed by atoms with E-state index in [0.29, 0.717) is 29.2 Å². The lowest BCUT2D eigenvalue weighted by Gasteiger charge is -2.19. The lowest BCUT2D eigenvalue weighted by molar-refractivity contribution is -0.137. The molecule has 2 aromatic carbocycles. The Morgan fingerprint density at radius 3 is 2.23 bits per heavy atom. The van der Waals surface area contributed by atoms with Crippen molar-refractivity contribution in [3.8, 4) is 17.2 Å². The van der Waals surface area contributed by atoms with E-state index < -0.39 is 11.7 Å². The summed E-state index contributed by atoms with van der Waals surface area (Å²) in [6.07, 6.45) is -3.88. The van der Waals surface area contributed by atoms with Gasteiger partial charge in [-0.05, 0) is 48.6 Å². The first kappa shape index (κ1) is 21.8. The highest BCUT2D eigenvalue weighted by Gasteiger charge is 2.45. The summed E-state index contributed by atoms with van der Waals surface area (Å²) >= 11 is 0. The number of methoxy groups -OCH3 is 3. The van der Waals surface area contributed by atoms with Crippen molar-refractivity contribution in [2.75, 3.05) is 21.3 Å². The van der Waals surface area contributed by atoms with Crippen LogP contribution in [0.15, 0.2) is 36.4 Å². The summed E-state index contributed by atoms with van der Waals surface area (Å²) in [6, 6.07) is 8.33. The maximum absolute atomic E-state index is 12.9. The highest BCUT2D eigenvalue weighted by atomic mass is 19.4. The second kappa shape index (κ2) is 8.45. The van der Waals surface area contributed by atoms with Gasteiger partial charge in [0.15, 0.2) is 11.5 Å². The van der Waals surface area contributed by atoms with Gasteiger partial charge in [0, 0.05) is 5.92 Å². The maximum atomic E-state index is 12.9. The van der Waals surface area contributed by atoms with Crippen molar-refractivity contribution in [1.82, 2.24) is 5.32 Å². The molecule has 5 nitrogen and oxygen atoms in total. The molecule has 1 saturated carbocycles. The first-order valence-corrected chi connectivity index (χ1v) is 9.47. The van der Waals surface area contributed by atoms with E-state index in [1.165, 1.54) is 27.4 Å². The molecule has 1 N–H and O–H groups in total. The third-order valence-electron chi connectivity index (χ3n) is 5.32. The van der Waals surface area contributed by atoms with E-state index in [2.05, 4.69) is 5.32 Å². The minimum absolute atomic E-state index is 0.196. The van der Waals surface area contributed by atoms with E-state index in [1.54, 1.807) is 18.2 Å². The quantitative estimate of drug-likeness (QED) is 0.701. The molecule has 3 rings (SSSR count). The molecular weight excluding hydrogens is 399 g/mol. The molecule has 0 bridgehead atoms. The van der Waals surface area contributed by atoms with E-state index in [-0.39, 0.29) is 23.8 Å². The molecule has 30 heavy (non-hydrogen) atoms. The summed E-state index contributed by atoms with van der Waals surface area (Å²) in [4.78, 5) is 12.7. The Bertz CT molecular complexity index is 904. The number of amides is 1. The minimum atomic E-state index is -4.40. The summed E-state index contributed by atoms with van der Waals surface area (Å²) in [7, 11) is 4.52. The number of rotatable bonds is 7. The molecule has 0 aliphatic heterocycles. The molecule has 1 amide bonds. The first-order chi connectivity index (χ1) is 14.2. The third kappa shape index (κ3) is 4.47. The Balaban J connectivity index is 1.71. The minimum Gasteiger partial charge on any atom is -0.493 e. The highest BCUT2D eigenvalue weighted by Crippen LogP contribution is 2.49. The van der Waals surface area contributed by atoms with Crippen LogP contribution in [0.2, 0.25) is 0 Å². The molecule has 3 unspecified atom stereocenters. The number of halogens is 3. The predicted octanol–water partition coefficient (Wildman–Crippen LogP) is 4.71. The molecule has 2 aromatic rings. The zero-order valence-electron chi connectivity index (χ0n) is 17.2. The topological polar surface area (TPSA) is 56.8 Å². The van der Waals surface area contributed by atoms with Crippen molar-refractivity contribution in [2.24, 2.45) is 5.92 Å². The SMILES string of the molecule is COc1cc(C(C)NC(=O)C2CC2c2cccc(C(F)(F)F)c2)cc(OC)c1OC. The molecule has 0 saturated heterocycles. The Labute approximate surface area is 173 Å². The number of nitrogens with one attached hydrogen (secondary N) is 1. The van der Waals surface area contributed by atoms with Crippen molar-refractivity contribution in [1.29, 1.82) is 0 Å². The van der Waals surface area contributed by atoms with Crippen LogP contribution in [0, 0.1) is 5.92 Å². The van der Waals surface area contributed by atoms with Crippen LogP contribution in [0.25, 0.3) is 0 Å². The van der Waals surface area contributed by atoms with E-state index in [4.69, 9.17) is 14.2 Å². The molecule has 162 valence electrons. The number of alkyl halides is 3. The molecule has 1 aliphatic carbocycles. The average molecular weight is 423 g/mol. The van der Waals surface area contributed by atoms with Crippen LogP contribution in [-0.2, 0) is 11.0 Å². The fourth-order valence-corrected chi connectivity index (χ4v) is 3.55. The Hall–Kier alpha value is -2.90. The van der Waals surface area contributed by atoms with Crippen molar-refractivity contribution < 1.29 is 32.2 Å². The first-order valence-electron chi connectivity index (χ1n) is 9.47. The smallest absolute Gasteiger partial charge is 0.416 e. The number of carbonyl (C=O) groups is 1. The van der Waals surface area contributed by atoms with Gasteiger partial charge in [-0.1, -0.05) is 18.2 Å². The van der Waals surface area contributed by atoms with Gasteiger partial charge >= 0.3 is 6.18 Å². The van der Waals surface area contributed by atoms with Crippen molar-refractivity contribution in [3.05, 3.63) is 53.1 Å². The normalized spacial score (nSPS) is 19.0. The van der Waals surface area contributed by atoms with Crippen LogP contribution in [0.1, 0.15) is 42.0 Å². The monoisotopic (exact) mass is 423 g/mol. The van der Waals surface area contributed by atoms with Crippen LogP contribution in [0.4, 0.5) is 13.2 Å². The fraction of sp³-hybridized carbons (Fsp3) is 0.409. The van der Waals surface area contributed by atoms with Crippen molar-refractivity contribution in [3.63, 3.8) is 0 Å². The molecule has 0 aromatic heterocycles. The zero-order valence-corrected chi connectivity index (χ0v) is 17.2. The summed E-state index contributed by atoms with van der Waals surface area (Å²) in [5.41, 5.74) is 0.594.